The predicted octanol–water partition coefficient (Wildman–Crippen LogP) is 2.02. The number of H-pyrrole nitrogens is 1. The molecule has 1 fully saturated rings. The monoisotopic (exact) mass is 343 g/mol. The highest BCUT2D eigenvalue weighted by Crippen LogP contribution is 2.23. The van der Waals surface area contributed by atoms with Crippen LogP contribution in [0.3, 0.4) is 0 Å². The number of nitrogens with zero attached hydrogens (tertiary/aromatic N) is 3. The Bertz CT molecular complexity index is 1020. The van der Waals surface area contributed by atoms with Gasteiger partial charge in [0, 0.05) is 6.04 Å². The van der Waals surface area contributed by atoms with Crippen LogP contribution in [0.25, 0.3) is 16.6 Å². The van der Waals surface area contributed by atoms with E-state index in [0.717, 1.165) is 25.7 Å². The van der Waals surface area contributed by atoms with E-state index in [-0.39, 0.29) is 17.3 Å². The van der Waals surface area contributed by atoms with Crippen LogP contribution in [0.5, 0.6) is 0 Å². The van der Waals surface area contributed by atoms with Crippen molar-refractivity contribution >= 4 is 22.5 Å². The minimum absolute atomic E-state index is 0.00824. The topological polar surface area (TPSA) is 92.2 Å². The van der Waals surface area contributed by atoms with Crippen molar-refractivity contribution in [2.75, 3.05) is 0 Å². The first kappa shape index (κ1) is 15.7. The fraction of sp³-hybridized carbons (Fsp3) is 0.412. The molecule has 25 heavy (non-hydrogen) atoms. The largest absolute Gasteiger partial charge is 0.348 e. The van der Waals surface area contributed by atoms with Crippen molar-refractivity contribution in [3.63, 3.8) is 0 Å². The van der Waals surface area contributed by atoms with E-state index in [0.29, 0.717) is 17.0 Å². The Morgan fingerprint density at radius 1 is 1.32 bits per heavy atom. The van der Waals surface area contributed by atoms with Gasteiger partial charge in [-0.05, 0) is 49.8 Å². The number of fused-ring (bicyclic) bond motifs is 3. The molecule has 8 heteroatoms. The summed E-state index contributed by atoms with van der Waals surface area (Å²) in [6, 6.07) is 4.06. The molecule has 1 amide bonds. The normalized spacial score (nSPS) is 20.9. The maximum absolute atomic E-state index is 13.4. The molecule has 0 radical (unpaired) electrons. The lowest BCUT2D eigenvalue weighted by molar-refractivity contribution is 0.0919. The smallest absolute Gasteiger partial charge is 0.277 e. The molecule has 0 atom stereocenters. The number of nitrogens with one attached hydrogen (secondary N) is 2. The van der Waals surface area contributed by atoms with Gasteiger partial charge in [-0.2, -0.15) is 0 Å². The van der Waals surface area contributed by atoms with Crippen LogP contribution < -0.4 is 10.9 Å². The SMILES string of the molecule is CC1CCC(NC(=O)c2nnn3c2c(=O)[nH]c2cc(F)ccc23)CC1. The molecule has 0 bridgehead atoms. The summed E-state index contributed by atoms with van der Waals surface area (Å²) in [5.41, 5.74) is 0.321. The lowest BCUT2D eigenvalue weighted by atomic mass is 9.87. The van der Waals surface area contributed by atoms with E-state index in [9.17, 15) is 14.0 Å². The van der Waals surface area contributed by atoms with Gasteiger partial charge in [0.15, 0.2) is 11.2 Å². The van der Waals surface area contributed by atoms with Gasteiger partial charge in [-0.25, -0.2) is 8.91 Å². The first-order valence-electron chi connectivity index (χ1n) is 8.41. The van der Waals surface area contributed by atoms with Gasteiger partial charge in [0.2, 0.25) is 0 Å². The number of hydrogen-bond acceptors (Lipinski definition) is 4. The Balaban J connectivity index is 1.72. The zero-order chi connectivity index (χ0) is 17.6. The van der Waals surface area contributed by atoms with Crippen molar-refractivity contribution < 1.29 is 9.18 Å². The predicted molar refractivity (Wildman–Crippen MR) is 90.0 cm³/mol. The van der Waals surface area contributed by atoms with E-state index in [2.05, 4.69) is 27.5 Å². The summed E-state index contributed by atoms with van der Waals surface area (Å²) in [6.07, 6.45) is 3.99. The molecule has 1 aliphatic rings. The Kier molecular flexibility index (Phi) is 3.74. The molecule has 2 N–H and O–H groups in total. The van der Waals surface area contributed by atoms with Gasteiger partial charge in [-0.1, -0.05) is 12.1 Å². The molecule has 0 spiro atoms. The molecule has 4 rings (SSSR count). The quantitative estimate of drug-likeness (QED) is 0.744. The molecule has 1 aromatic carbocycles. The number of aromatic nitrogens is 4. The Labute approximate surface area is 142 Å². The van der Waals surface area contributed by atoms with Crippen LogP contribution in [0.4, 0.5) is 4.39 Å². The van der Waals surface area contributed by atoms with Crippen molar-refractivity contribution in [1.82, 2.24) is 25.1 Å². The maximum Gasteiger partial charge on any atom is 0.277 e. The van der Waals surface area contributed by atoms with Crippen LogP contribution in [0.15, 0.2) is 23.0 Å². The highest BCUT2D eigenvalue weighted by Gasteiger charge is 2.24. The third kappa shape index (κ3) is 2.77. The number of amides is 1. The molecule has 0 unspecified atom stereocenters. The zero-order valence-electron chi connectivity index (χ0n) is 13.8. The van der Waals surface area contributed by atoms with Gasteiger partial charge < -0.3 is 10.3 Å². The van der Waals surface area contributed by atoms with Crippen LogP contribution in [0, 0.1) is 11.7 Å². The third-order valence-electron chi connectivity index (χ3n) is 4.89. The van der Waals surface area contributed by atoms with Crippen molar-refractivity contribution in [2.24, 2.45) is 5.92 Å². The average molecular weight is 343 g/mol. The molecule has 7 nitrogen and oxygen atoms in total. The first-order chi connectivity index (χ1) is 12.0. The third-order valence-corrected chi connectivity index (χ3v) is 4.89. The lowest BCUT2D eigenvalue weighted by Crippen LogP contribution is -2.38. The van der Waals surface area contributed by atoms with E-state index in [1.165, 1.54) is 22.7 Å². The lowest BCUT2D eigenvalue weighted by Gasteiger charge is -2.26. The summed E-state index contributed by atoms with van der Waals surface area (Å²) in [5, 5.41) is 10.8. The Morgan fingerprint density at radius 2 is 2.08 bits per heavy atom. The second kappa shape index (κ2) is 5.94. The summed E-state index contributed by atoms with van der Waals surface area (Å²) < 4.78 is 14.6. The molecule has 2 heterocycles. The molecular weight excluding hydrogens is 325 g/mol. The fourth-order valence-corrected chi connectivity index (χ4v) is 3.44. The van der Waals surface area contributed by atoms with Crippen LogP contribution in [0.1, 0.15) is 43.1 Å². The average Bonchev–Trinajstić information content (AvgIpc) is 3.02. The molecule has 3 aromatic rings. The molecule has 1 aliphatic carbocycles. The second-order valence-corrected chi connectivity index (χ2v) is 6.74. The van der Waals surface area contributed by atoms with Crippen LogP contribution in [-0.2, 0) is 0 Å². The Hall–Kier alpha value is -2.77. The molecule has 2 aromatic heterocycles. The highest BCUT2D eigenvalue weighted by atomic mass is 19.1. The standard InChI is InChI=1S/C17H18FN5O2/c1-9-2-5-11(6-3-9)19-16(24)14-15-17(25)20-12-8-10(18)4-7-13(12)23(15)22-21-14/h4,7-9,11H,2-3,5-6H2,1H3,(H,19,24)(H,20,25). The maximum atomic E-state index is 13.4. The van der Waals surface area contributed by atoms with Crippen molar-refractivity contribution in [1.29, 1.82) is 0 Å². The van der Waals surface area contributed by atoms with Crippen LogP contribution in [-0.4, -0.2) is 31.8 Å². The van der Waals surface area contributed by atoms with E-state index < -0.39 is 17.3 Å². The molecular formula is C17H18FN5O2. The van der Waals surface area contributed by atoms with E-state index in [4.69, 9.17) is 0 Å². The van der Waals surface area contributed by atoms with Gasteiger partial charge in [-0.15, -0.1) is 5.10 Å². The summed E-state index contributed by atoms with van der Waals surface area (Å²) >= 11 is 0. The minimum Gasteiger partial charge on any atom is -0.348 e. The van der Waals surface area contributed by atoms with Crippen molar-refractivity contribution in [3.05, 3.63) is 40.1 Å². The number of rotatable bonds is 2. The van der Waals surface area contributed by atoms with Gasteiger partial charge in [0.25, 0.3) is 11.5 Å². The van der Waals surface area contributed by atoms with E-state index >= 15 is 0 Å². The molecule has 1 saturated carbocycles. The fourth-order valence-electron chi connectivity index (χ4n) is 3.44. The van der Waals surface area contributed by atoms with Crippen LogP contribution in [0.2, 0.25) is 0 Å². The van der Waals surface area contributed by atoms with Crippen molar-refractivity contribution in [3.8, 4) is 0 Å². The van der Waals surface area contributed by atoms with Crippen LogP contribution >= 0.6 is 0 Å². The first-order valence-corrected chi connectivity index (χ1v) is 8.41. The number of carbonyl (C=O) groups excluding carboxylic acids is 1. The number of hydrogen-bond donors (Lipinski definition) is 2. The number of aromatic amines is 1. The molecule has 0 saturated heterocycles. The number of benzene rings is 1. The minimum atomic E-state index is -0.523. The van der Waals surface area contributed by atoms with Gasteiger partial charge in [0.1, 0.15) is 5.82 Å². The number of halogens is 1. The van der Waals surface area contributed by atoms with E-state index in [1.807, 2.05) is 0 Å². The van der Waals surface area contributed by atoms with Crippen molar-refractivity contribution in [2.45, 2.75) is 38.6 Å². The van der Waals surface area contributed by atoms with E-state index in [1.54, 1.807) is 0 Å². The summed E-state index contributed by atoms with van der Waals surface area (Å²) in [5.74, 6) is -0.188. The zero-order valence-corrected chi connectivity index (χ0v) is 13.8. The Morgan fingerprint density at radius 3 is 2.84 bits per heavy atom. The highest BCUT2D eigenvalue weighted by molar-refractivity contribution is 5.99. The summed E-state index contributed by atoms with van der Waals surface area (Å²) in [4.78, 5) is 27.5. The molecule has 130 valence electrons. The summed E-state index contributed by atoms with van der Waals surface area (Å²) in [6.45, 7) is 2.21. The summed E-state index contributed by atoms with van der Waals surface area (Å²) in [7, 11) is 0. The second-order valence-electron chi connectivity index (χ2n) is 6.74. The van der Waals surface area contributed by atoms with Gasteiger partial charge in [-0.3, -0.25) is 9.59 Å². The molecule has 0 aliphatic heterocycles. The number of carbonyl (C=O) groups is 1. The van der Waals surface area contributed by atoms with Gasteiger partial charge in [0.05, 0.1) is 11.0 Å². The van der Waals surface area contributed by atoms with Gasteiger partial charge >= 0.3 is 0 Å².